The average molecular weight is 269 g/mol. The SMILES string of the molecule is C[C@H](N)c1ccc2ccccc2c1OCC1CCCC1. The van der Waals surface area contributed by atoms with Crippen molar-refractivity contribution in [3.63, 3.8) is 0 Å². The summed E-state index contributed by atoms with van der Waals surface area (Å²) in [6.07, 6.45) is 5.31. The first kappa shape index (κ1) is 13.4. The van der Waals surface area contributed by atoms with E-state index in [1.165, 1.54) is 36.5 Å². The van der Waals surface area contributed by atoms with Crippen LogP contribution in [0.4, 0.5) is 0 Å². The summed E-state index contributed by atoms with van der Waals surface area (Å²) < 4.78 is 6.22. The molecule has 2 aromatic rings. The summed E-state index contributed by atoms with van der Waals surface area (Å²) in [5.74, 6) is 1.71. The number of ether oxygens (including phenoxy) is 1. The molecule has 2 nitrogen and oxygen atoms in total. The highest BCUT2D eigenvalue weighted by Gasteiger charge is 2.18. The van der Waals surface area contributed by atoms with Crippen molar-refractivity contribution in [2.24, 2.45) is 11.7 Å². The van der Waals surface area contributed by atoms with Gasteiger partial charge < -0.3 is 10.5 Å². The van der Waals surface area contributed by atoms with Gasteiger partial charge in [-0.05, 0) is 31.1 Å². The molecule has 0 heterocycles. The summed E-state index contributed by atoms with van der Waals surface area (Å²) in [4.78, 5) is 0. The monoisotopic (exact) mass is 269 g/mol. The fourth-order valence-electron chi connectivity index (χ4n) is 3.16. The molecule has 0 aromatic heterocycles. The van der Waals surface area contributed by atoms with Gasteiger partial charge >= 0.3 is 0 Å². The van der Waals surface area contributed by atoms with E-state index < -0.39 is 0 Å². The molecular formula is C18H23NO. The van der Waals surface area contributed by atoms with Gasteiger partial charge in [0.25, 0.3) is 0 Å². The Morgan fingerprint density at radius 3 is 2.65 bits per heavy atom. The van der Waals surface area contributed by atoms with Crippen LogP contribution in [-0.4, -0.2) is 6.61 Å². The summed E-state index contributed by atoms with van der Waals surface area (Å²) in [7, 11) is 0. The van der Waals surface area contributed by atoms with E-state index in [2.05, 4.69) is 36.4 Å². The number of fused-ring (bicyclic) bond motifs is 1. The van der Waals surface area contributed by atoms with Crippen LogP contribution in [0.25, 0.3) is 10.8 Å². The molecule has 106 valence electrons. The normalized spacial score (nSPS) is 17.5. The van der Waals surface area contributed by atoms with Crippen LogP contribution in [0, 0.1) is 5.92 Å². The first-order valence-electron chi connectivity index (χ1n) is 7.65. The van der Waals surface area contributed by atoms with Crippen molar-refractivity contribution in [3.8, 4) is 5.75 Å². The van der Waals surface area contributed by atoms with Crippen LogP contribution in [0.5, 0.6) is 5.75 Å². The molecule has 2 aromatic carbocycles. The van der Waals surface area contributed by atoms with E-state index in [9.17, 15) is 0 Å². The number of hydrogen-bond donors (Lipinski definition) is 1. The maximum absolute atomic E-state index is 6.22. The van der Waals surface area contributed by atoms with E-state index in [-0.39, 0.29) is 6.04 Å². The molecule has 0 bridgehead atoms. The van der Waals surface area contributed by atoms with Crippen molar-refractivity contribution in [1.82, 2.24) is 0 Å². The summed E-state index contributed by atoms with van der Waals surface area (Å²) in [5, 5.41) is 2.40. The lowest BCUT2D eigenvalue weighted by Crippen LogP contribution is -2.12. The Morgan fingerprint density at radius 1 is 1.15 bits per heavy atom. The Kier molecular flexibility index (Phi) is 3.93. The van der Waals surface area contributed by atoms with Crippen LogP contribution < -0.4 is 10.5 Å². The van der Waals surface area contributed by atoms with Gasteiger partial charge in [0.1, 0.15) is 5.75 Å². The molecular weight excluding hydrogens is 246 g/mol. The summed E-state index contributed by atoms with van der Waals surface area (Å²) in [5.41, 5.74) is 7.22. The van der Waals surface area contributed by atoms with Crippen molar-refractivity contribution in [3.05, 3.63) is 42.0 Å². The first-order valence-corrected chi connectivity index (χ1v) is 7.65. The molecule has 2 N–H and O–H groups in total. The molecule has 2 heteroatoms. The molecule has 0 unspecified atom stereocenters. The largest absolute Gasteiger partial charge is 0.492 e. The second-order valence-electron chi connectivity index (χ2n) is 5.96. The molecule has 0 amide bonds. The number of nitrogens with two attached hydrogens (primary N) is 1. The van der Waals surface area contributed by atoms with Gasteiger partial charge in [-0.15, -0.1) is 0 Å². The second-order valence-corrected chi connectivity index (χ2v) is 5.96. The predicted octanol–water partition coefficient (Wildman–Crippen LogP) is 4.43. The molecule has 1 saturated carbocycles. The highest BCUT2D eigenvalue weighted by atomic mass is 16.5. The lowest BCUT2D eigenvalue weighted by molar-refractivity contribution is 0.252. The zero-order valence-electron chi connectivity index (χ0n) is 12.1. The Morgan fingerprint density at radius 2 is 1.90 bits per heavy atom. The molecule has 20 heavy (non-hydrogen) atoms. The zero-order valence-corrected chi connectivity index (χ0v) is 12.1. The Hall–Kier alpha value is -1.54. The molecule has 1 atom stereocenters. The summed E-state index contributed by atoms with van der Waals surface area (Å²) >= 11 is 0. The molecule has 1 aliphatic carbocycles. The second kappa shape index (κ2) is 5.84. The third-order valence-corrected chi connectivity index (χ3v) is 4.34. The molecule has 0 spiro atoms. The van der Waals surface area contributed by atoms with Crippen molar-refractivity contribution in [2.75, 3.05) is 6.61 Å². The summed E-state index contributed by atoms with van der Waals surface area (Å²) in [6.45, 7) is 2.85. The van der Waals surface area contributed by atoms with E-state index >= 15 is 0 Å². The highest BCUT2D eigenvalue weighted by Crippen LogP contribution is 2.34. The quantitative estimate of drug-likeness (QED) is 0.891. The van der Waals surface area contributed by atoms with Gasteiger partial charge in [-0.3, -0.25) is 0 Å². The van der Waals surface area contributed by atoms with E-state index in [4.69, 9.17) is 10.5 Å². The van der Waals surface area contributed by atoms with Crippen LogP contribution in [0.1, 0.15) is 44.2 Å². The van der Waals surface area contributed by atoms with Crippen LogP contribution >= 0.6 is 0 Å². The minimum absolute atomic E-state index is 0.00168. The van der Waals surface area contributed by atoms with E-state index in [1.54, 1.807) is 0 Å². The average Bonchev–Trinajstić information content (AvgIpc) is 2.97. The van der Waals surface area contributed by atoms with Gasteiger partial charge in [0, 0.05) is 17.0 Å². The van der Waals surface area contributed by atoms with Crippen molar-refractivity contribution in [1.29, 1.82) is 0 Å². The Balaban J connectivity index is 1.94. The van der Waals surface area contributed by atoms with Gasteiger partial charge in [0.2, 0.25) is 0 Å². The van der Waals surface area contributed by atoms with Gasteiger partial charge in [0.15, 0.2) is 0 Å². The molecule has 0 radical (unpaired) electrons. The third-order valence-electron chi connectivity index (χ3n) is 4.34. The topological polar surface area (TPSA) is 35.2 Å². The standard InChI is InChI=1S/C18H23NO/c1-13(19)16-11-10-15-8-4-5-9-17(15)18(16)20-12-14-6-2-3-7-14/h4-5,8-11,13-14H,2-3,6-7,12,19H2,1H3/t13-/m0/s1. The smallest absolute Gasteiger partial charge is 0.131 e. The van der Waals surface area contributed by atoms with Crippen molar-refractivity contribution >= 4 is 10.8 Å². The third kappa shape index (κ3) is 2.66. The van der Waals surface area contributed by atoms with Crippen LogP contribution in [0.3, 0.4) is 0 Å². The lowest BCUT2D eigenvalue weighted by atomic mass is 10.0. The van der Waals surface area contributed by atoms with Crippen molar-refractivity contribution < 1.29 is 4.74 Å². The predicted molar refractivity (Wildman–Crippen MR) is 84.0 cm³/mol. The maximum atomic E-state index is 6.22. The first-order chi connectivity index (χ1) is 9.75. The highest BCUT2D eigenvalue weighted by molar-refractivity contribution is 5.89. The van der Waals surface area contributed by atoms with Gasteiger partial charge in [-0.1, -0.05) is 49.2 Å². The number of hydrogen-bond acceptors (Lipinski definition) is 2. The fourth-order valence-corrected chi connectivity index (χ4v) is 3.16. The van der Waals surface area contributed by atoms with Gasteiger partial charge in [-0.2, -0.15) is 0 Å². The van der Waals surface area contributed by atoms with E-state index in [0.717, 1.165) is 23.8 Å². The molecule has 3 rings (SSSR count). The fraction of sp³-hybridized carbons (Fsp3) is 0.444. The molecule has 1 aliphatic rings. The minimum atomic E-state index is -0.00168. The molecule has 0 saturated heterocycles. The van der Waals surface area contributed by atoms with E-state index in [1.807, 2.05) is 6.92 Å². The van der Waals surface area contributed by atoms with Gasteiger partial charge in [0.05, 0.1) is 6.61 Å². The van der Waals surface area contributed by atoms with Crippen molar-refractivity contribution in [2.45, 2.75) is 38.6 Å². The number of rotatable bonds is 4. The molecule has 0 aliphatic heterocycles. The van der Waals surface area contributed by atoms with E-state index in [0.29, 0.717) is 0 Å². The zero-order chi connectivity index (χ0) is 13.9. The lowest BCUT2D eigenvalue weighted by Gasteiger charge is -2.18. The molecule has 1 fully saturated rings. The Bertz CT molecular complexity index is 585. The minimum Gasteiger partial charge on any atom is -0.492 e. The summed E-state index contributed by atoms with van der Waals surface area (Å²) in [6, 6.07) is 12.6. The van der Waals surface area contributed by atoms with Crippen LogP contribution in [-0.2, 0) is 0 Å². The van der Waals surface area contributed by atoms with Crippen LogP contribution in [0.2, 0.25) is 0 Å². The van der Waals surface area contributed by atoms with Crippen LogP contribution in [0.15, 0.2) is 36.4 Å². The van der Waals surface area contributed by atoms with Gasteiger partial charge in [-0.25, -0.2) is 0 Å². The maximum Gasteiger partial charge on any atom is 0.131 e. The Labute approximate surface area is 120 Å². The number of benzene rings is 2.